The van der Waals surface area contributed by atoms with E-state index in [1.54, 1.807) is 0 Å². The van der Waals surface area contributed by atoms with Gasteiger partial charge in [0.15, 0.2) is 0 Å². The summed E-state index contributed by atoms with van der Waals surface area (Å²) < 4.78 is 0. The number of likely N-dealkylation sites (tertiary alicyclic amines) is 1. The highest BCUT2D eigenvalue weighted by atomic mass is 15.2. The number of piperidine rings is 1. The Morgan fingerprint density at radius 2 is 1.36 bits per heavy atom. The van der Waals surface area contributed by atoms with Crippen molar-refractivity contribution in [2.24, 2.45) is 5.92 Å². The lowest BCUT2D eigenvalue weighted by Gasteiger charge is -2.38. The second-order valence-electron chi connectivity index (χ2n) is 6.49. The van der Waals surface area contributed by atoms with Gasteiger partial charge in [0.2, 0.25) is 0 Å². The molecule has 0 atom stereocenters. The number of nitrogens with zero attached hydrogens (tertiary/aromatic N) is 1. The molecule has 1 heterocycles. The highest BCUT2D eigenvalue weighted by molar-refractivity contribution is 5.31. The zero-order chi connectivity index (χ0) is 15.2. The summed E-state index contributed by atoms with van der Waals surface area (Å²) in [5.74, 6) is 0.938. The molecule has 0 spiro atoms. The summed E-state index contributed by atoms with van der Waals surface area (Å²) in [6.45, 7) is 4.75. The first kappa shape index (κ1) is 15.3. The van der Waals surface area contributed by atoms with Crippen LogP contribution in [0.2, 0.25) is 0 Å². The first-order chi connectivity index (χ1) is 10.9. The molecular weight excluding hydrogens is 266 g/mol. The van der Waals surface area contributed by atoms with Crippen LogP contribution in [0.1, 0.15) is 49.8 Å². The smallest absolute Gasteiger partial charge is 0.0601 e. The number of hydrogen-bond donors (Lipinski definition) is 0. The van der Waals surface area contributed by atoms with Gasteiger partial charge < -0.3 is 0 Å². The molecule has 0 saturated carbocycles. The van der Waals surface area contributed by atoms with Gasteiger partial charge in [0, 0.05) is 0 Å². The average Bonchev–Trinajstić information content (AvgIpc) is 2.59. The summed E-state index contributed by atoms with van der Waals surface area (Å²) in [4.78, 5) is 2.68. The Balaban J connectivity index is 1.81. The Bertz CT molecular complexity index is 501. The molecule has 1 fully saturated rings. The van der Waals surface area contributed by atoms with E-state index in [0.717, 1.165) is 5.92 Å². The molecule has 0 bridgehead atoms. The normalized spacial score (nSPS) is 17.0. The molecular formula is C21H27N. The second kappa shape index (κ2) is 7.60. The summed E-state index contributed by atoms with van der Waals surface area (Å²) in [5.41, 5.74) is 2.84. The maximum atomic E-state index is 2.68. The molecule has 1 aliphatic heterocycles. The minimum atomic E-state index is 0.407. The monoisotopic (exact) mass is 293 g/mol. The van der Waals surface area contributed by atoms with Gasteiger partial charge in [-0.3, -0.25) is 4.90 Å². The van der Waals surface area contributed by atoms with Crippen LogP contribution < -0.4 is 0 Å². The molecule has 2 aromatic rings. The first-order valence-electron chi connectivity index (χ1n) is 8.72. The summed E-state index contributed by atoms with van der Waals surface area (Å²) in [6.07, 6.45) is 5.43. The van der Waals surface area contributed by atoms with E-state index in [2.05, 4.69) is 72.5 Å². The minimum absolute atomic E-state index is 0.407. The number of rotatable bonds is 5. The van der Waals surface area contributed by atoms with Crippen LogP contribution in [0.4, 0.5) is 0 Å². The molecule has 1 aliphatic rings. The van der Waals surface area contributed by atoms with E-state index >= 15 is 0 Å². The Hall–Kier alpha value is -1.60. The van der Waals surface area contributed by atoms with Gasteiger partial charge in [-0.15, -0.1) is 0 Å². The third kappa shape index (κ3) is 3.59. The van der Waals surface area contributed by atoms with E-state index in [4.69, 9.17) is 0 Å². The van der Waals surface area contributed by atoms with Crippen molar-refractivity contribution in [1.82, 2.24) is 4.90 Å². The molecule has 0 unspecified atom stereocenters. The fourth-order valence-electron chi connectivity index (χ4n) is 3.79. The lowest BCUT2D eigenvalue weighted by atomic mass is 9.89. The molecule has 1 heteroatoms. The van der Waals surface area contributed by atoms with Gasteiger partial charge in [-0.1, -0.05) is 80.4 Å². The van der Waals surface area contributed by atoms with Gasteiger partial charge in [-0.2, -0.15) is 0 Å². The Morgan fingerprint density at radius 1 is 0.864 bits per heavy atom. The summed E-state index contributed by atoms with van der Waals surface area (Å²) in [6, 6.07) is 22.4. The molecule has 0 radical (unpaired) electrons. The molecule has 2 aromatic carbocycles. The molecule has 0 amide bonds. The van der Waals surface area contributed by atoms with Crippen LogP contribution in [0.25, 0.3) is 0 Å². The second-order valence-corrected chi connectivity index (χ2v) is 6.49. The SMILES string of the molecule is CCCC1CCN(C(c2ccccc2)c2ccccc2)CC1. The van der Waals surface area contributed by atoms with Crippen LogP contribution in [0, 0.1) is 5.92 Å². The highest BCUT2D eigenvalue weighted by Crippen LogP contribution is 2.33. The van der Waals surface area contributed by atoms with E-state index in [-0.39, 0.29) is 0 Å². The maximum absolute atomic E-state index is 2.68. The van der Waals surface area contributed by atoms with Gasteiger partial charge in [0.25, 0.3) is 0 Å². The number of benzene rings is 2. The molecule has 1 saturated heterocycles. The van der Waals surface area contributed by atoms with Crippen molar-refractivity contribution in [3.05, 3.63) is 71.8 Å². The van der Waals surface area contributed by atoms with Crippen LogP contribution in [-0.2, 0) is 0 Å². The minimum Gasteiger partial charge on any atom is -0.292 e. The van der Waals surface area contributed by atoms with E-state index in [1.807, 2.05) is 0 Å². The van der Waals surface area contributed by atoms with Crippen molar-refractivity contribution in [2.45, 2.75) is 38.6 Å². The predicted molar refractivity (Wildman–Crippen MR) is 93.9 cm³/mol. The van der Waals surface area contributed by atoms with Gasteiger partial charge in [0.05, 0.1) is 6.04 Å². The molecule has 0 aliphatic carbocycles. The van der Waals surface area contributed by atoms with Crippen molar-refractivity contribution < 1.29 is 0 Å². The zero-order valence-corrected chi connectivity index (χ0v) is 13.6. The summed E-state index contributed by atoms with van der Waals surface area (Å²) in [7, 11) is 0. The Kier molecular flexibility index (Phi) is 5.29. The topological polar surface area (TPSA) is 3.24 Å². The third-order valence-corrected chi connectivity index (χ3v) is 4.94. The first-order valence-corrected chi connectivity index (χ1v) is 8.72. The van der Waals surface area contributed by atoms with E-state index in [0.29, 0.717) is 6.04 Å². The molecule has 0 aromatic heterocycles. The van der Waals surface area contributed by atoms with Crippen LogP contribution in [0.3, 0.4) is 0 Å². The highest BCUT2D eigenvalue weighted by Gasteiger charge is 2.26. The quantitative estimate of drug-likeness (QED) is 0.724. The third-order valence-electron chi connectivity index (χ3n) is 4.94. The molecule has 3 rings (SSSR count). The van der Waals surface area contributed by atoms with E-state index in [1.165, 1.54) is 49.9 Å². The average molecular weight is 293 g/mol. The van der Waals surface area contributed by atoms with Gasteiger partial charge in [-0.25, -0.2) is 0 Å². The lowest BCUT2D eigenvalue weighted by Crippen LogP contribution is -2.37. The van der Waals surface area contributed by atoms with E-state index in [9.17, 15) is 0 Å². The number of hydrogen-bond acceptors (Lipinski definition) is 1. The van der Waals surface area contributed by atoms with Crippen LogP contribution >= 0.6 is 0 Å². The Morgan fingerprint density at radius 3 is 1.82 bits per heavy atom. The lowest BCUT2D eigenvalue weighted by molar-refractivity contribution is 0.147. The predicted octanol–water partition coefficient (Wildman–Crippen LogP) is 5.29. The van der Waals surface area contributed by atoms with Crippen molar-refractivity contribution in [2.75, 3.05) is 13.1 Å². The van der Waals surface area contributed by atoms with Crippen LogP contribution in [-0.4, -0.2) is 18.0 Å². The fraction of sp³-hybridized carbons (Fsp3) is 0.429. The standard InChI is InChI=1S/C21H27N/c1-2-9-18-14-16-22(17-15-18)21(19-10-5-3-6-11-19)20-12-7-4-8-13-20/h3-8,10-13,18,21H,2,9,14-17H2,1H3. The maximum Gasteiger partial charge on any atom is 0.0601 e. The van der Waals surface area contributed by atoms with Gasteiger partial charge in [0.1, 0.15) is 0 Å². The fourth-order valence-corrected chi connectivity index (χ4v) is 3.79. The van der Waals surface area contributed by atoms with Crippen molar-refractivity contribution in [3.63, 3.8) is 0 Å². The molecule has 22 heavy (non-hydrogen) atoms. The Labute approximate surface area is 135 Å². The van der Waals surface area contributed by atoms with Crippen LogP contribution in [0.15, 0.2) is 60.7 Å². The van der Waals surface area contributed by atoms with Crippen molar-refractivity contribution >= 4 is 0 Å². The van der Waals surface area contributed by atoms with E-state index < -0.39 is 0 Å². The van der Waals surface area contributed by atoms with Crippen LogP contribution in [0.5, 0.6) is 0 Å². The summed E-state index contributed by atoms with van der Waals surface area (Å²) in [5, 5.41) is 0. The van der Waals surface area contributed by atoms with Crippen molar-refractivity contribution in [1.29, 1.82) is 0 Å². The zero-order valence-electron chi connectivity index (χ0n) is 13.6. The van der Waals surface area contributed by atoms with Crippen molar-refractivity contribution in [3.8, 4) is 0 Å². The largest absolute Gasteiger partial charge is 0.292 e. The molecule has 0 N–H and O–H groups in total. The molecule has 1 nitrogen and oxygen atoms in total. The van der Waals surface area contributed by atoms with Gasteiger partial charge >= 0.3 is 0 Å². The summed E-state index contributed by atoms with van der Waals surface area (Å²) >= 11 is 0. The van der Waals surface area contributed by atoms with Gasteiger partial charge in [-0.05, 0) is 43.0 Å². The molecule has 116 valence electrons.